The molecule has 0 amide bonds. The van der Waals surface area contributed by atoms with Gasteiger partial charge in [-0.25, -0.2) is 0 Å². The quantitative estimate of drug-likeness (QED) is 0.740. The van der Waals surface area contributed by atoms with Gasteiger partial charge in [0.15, 0.2) is 0 Å². The van der Waals surface area contributed by atoms with Gasteiger partial charge in [-0.05, 0) is 39.0 Å². The standard InChI is InChI=1S/C13H16BrNO2S/c1-13(2,3)18(16)15-11-6-7-17-12-5-4-9(14)8-10(11)12/h4-5,8H,6-7H2,1-3H3/b15-11+/t18-/m0/s1. The summed E-state index contributed by atoms with van der Waals surface area (Å²) in [6.07, 6.45) is 0.700. The number of benzene rings is 1. The van der Waals surface area contributed by atoms with Crippen LogP contribution in [0.5, 0.6) is 5.75 Å². The molecule has 0 unspecified atom stereocenters. The molecule has 0 radical (unpaired) electrons. The summed E-state index contributed by atoms with van der Waals surface area (Å²) >= 11 is 2.21. The molecule has 18 heavy (non-hydrogen) atoms. The smallest absolute Gasteiger partial charge is 0.144 e. The van der Waals surface area contributed by atoms with Crippen LogP contribution in [0.15, 0.2) is 27.1 Å². The second-order valence-corrected chi connectivity index (χ2v) is 7.96. The summed E-state index contributed by atoms with van der Waals surface area (Å²) in [5.74, 6) is 0.814. The zero-order valence-electron chi connectivity index (χ0n) is 10.7. The van der Waals surface area contributed by atoms with Gasteiger partial charge in [-0.15, -0.1) is 0 Å². The Bertz CT molecular complexity index is 482. The highest BCUT2D eigenvalue weighted by molar-refractivity contribution is 9.10. The summed E-state index contributed by atoms with van der Waals surface area (Å²) < 4.78 is 22.7. The third-order valence-corrected chi connectivity index (χ3v) is 4.49. The molecule has 3 nitrogen and oxygen atoms in total. The molecule has 0 saturated heterocycles. The minimum Gasteiger partial charge on any atom is -0.591 e. The molecule has 0 spiro atoms. The van der Waals surface area contributed by atoms with Crippen molar-refractivity contribution in [2.45, 2.75) is 31.9 Å². The lowest BCUT2D eigenvalue weighted by molar-refractivity contribution is 0.320. The molecule has 1 aromatic carbocycles. The van der Waals surface area contributed by atoms with E-state index in [4.69, 9.17) is 4.74 Å². The first kappa shape index (κ1) is 13.9. The van der Waals surface area contributed by atoms with Crippen LogP contribution in [0.2, 0.25) is 0 Å². The molecule has 0 bridgehead atoms. The van der Waals surface area contributed by atoms with Crippen molar-refractivity contribution in [2.24, 2.45) is 4.40 Å². The van der Waals surface area contributed by atoms with Crippen LogP contribution in [-0.4, -0.2) is 21.6 Å². The SMILES string of the molecule is CC(C)(C)[S@+]([O-])/N=C1\CCOc2ccc(Br)cc21. The van der Waals surface area contributed by atoms with Crippen LogP contribution < -0.4 is 4.74 Å². The van der Waals surface area contributed by atoms with E-state index in [1.54, 1.807) is 0 Å². The average Bonchev–Trinajstić information content (AvgIpc) is 2.28. The second-order valence-electron chi connectivity index (χ2n) is 5.14. The Morgan fingerprint density at radius 2 is 2.11 bits per heavy atom. The Morgan fingerprint density at radius 1 is 1.39 bits per heavy atom. The molecule has 0 aromatic heterocycles. The van der Waals surface area contributed by atoms with Crippen molar-refractivity contribution in [3.8, 4) is 5.75 Å². The summed E-state index contributed by atoms with van der Waals surface area (Å²) in [7, 11) is 0. The molecule has 0 fully saturated rings. The van der Waals surface area contributed by atoms with Gasteiger partial charge in [-0.1, -0.05) is 20.3 Å². The van der Waals surface area contributed by atoms with E-state index >= 15 is 0 Å². The Labute approximate surface area is 119 Å². The van der Waals surface area contributed by atoms with Crippen molar-refractivity contribution in [2.75, 3.05) is 6.61 Å². The fraction of sp³-hybridized carbons (Fsp3) is 0.462. The highest BCUT2D eigenvalue weighted by Gasteiger charge is 2.29. The van der Waals surface area contributed by atoms with E-state index in [-0.39, 0.29) is 4.75 Å². The summed E-state index contributed by atoms with van der Waals surface area (Å²) in [4.78, 5) is 0. The van der Waals surface area contributed by atoms with Crippen LogP contribution in [-0.2, 0) is 11.4 Å². The monoisotopic (exact) mass is 329 g/mol. The molecule has 2 rings (SSSR count). The first-order valence-corrected chi connectivity index (χ1v) is 7.70. The van der Waals surface area contributed by atoms with Gasteiger partial charge in [0.05, 0.1) is 6.61 Å². The largest absolute Gasteiger partial charge is 0.591 e. The molecule has 0 saturated carbocycles. The fourth-order valence-corrected chi connectivity index (χ4v) is 2.60. The first-order chi connectivity index (χ1) is 8.38. The van der Waals surface area contributed by atoms with Crippen LogP contribution in [0.4, 0.5) is 0 Å². The third-order valence-electron chi connectivity index (χ3n) is 2.57. The molecule has 5 heteroatoms. The topological polar surface area (TPSA) is 44.7 Å². The van der Waals surface area contributed by atoms with Crippen LogP contribution in [0.25, 0.3) is 0 Å². The van der Waals surface area contributed by atoms with E-state index in [1.807, 2.05) is 39.0 Å². The lowest BCUT2D eigenvalue weighted by Crippen LogP contribution is -2.28. The van der Waals surface area contributed by atoms with E-state index in [0.717, 1.165) is 21.5 Å². The molecular weight excluding hydrogens is 314 g/mol. The highest BCUT2D eigenvalue weighted by atomic mass is 79.9. The normalized spacial score (nSPS) is 19.3. The van der Waals surface area contributed by atoms with Gasteiger partial charge in [-0.3, -0.25) is 0 Å². The molecular formula is C13H16BrNO2S. The predicted molar refractivity (Wildman–Crippen MR) is 78.7 cm³/mol. The van der Waals surface area contributed by atoms with Crippen LogP contribution in [0, 0.1) is 0 Å². The molecule has 1 aromatic rings. The summed E-state index contributed by atoms with van der Waals surface area (Å²) in [6.45, 7) is 6.37. The number of nitrogens with zero attached hydrogens (tertiary/aromatic N) is 1. The van der Waals surface area contributed by atoms with Crippen molar-refractivity contribution >= 4 is 33.0 Å². The highest BCUT2D eigenvalue weighted by Crippen LogP contribution is 2.29. The molecule has 0 N–H and O–H groups in total. The number of hydrogen-bond acceptors (Lipinski definition) is 3. The first-order valence-electron chi connectivity index (χ1n) is 5.80. The van der Waals surface area contributed by atoms with E-state index in [1.165, 1.54) is 0 Å². The zero-order chi connectivity index (χ0) is 13.3. The minimum atomic E-state index is -1.23. The molecule has 1 atom stereocenters. The van der Waals surface area contributed by atoms with Crippen molar-refractivity contribution in [3.63, 3.8) is 0 Å². The lowest BCUT2D eigenvalue weighted by Gasteiger charge is -2.22. The third kappa shape index (κ3) is 3.08. The number of hydrogen-bond donors (Lipinski definition) is 0. The lowest BCUT2D eigenvalue weighted by atomic mass is 10.0. The Morgan fingerprint density at radius 3 is 2.78 bits per heavy atom. The van der Waals surface area contributed by atoms with Crippen molar-refractivity contribution in [3.05, 3.63) is 28.2 Å². The Balaban J connectivity index is 2.38. The Kier molecular flexibility index (Phi) is 4.04. The van der Waals surface area contributed by atoms with E-state index in [0.29, 0.717) is 13.0 Å². The fourth-order valence-electron chi connectivity index (χ4n) is 1.58. The van der Waals surface area contributed by atoms with Crippen LogP contribution in [0.1, 0.15) is 32.8 Å². The molecule has 1 heterocycles. The van der Waals surface area contributed by atoms with Gasteiger partial charge in [0, 0.05) is 16.5 Å². The van der Waals surface area contributed by atoms with Gasteiger partial charge in [0.2, 0.25) is 0 Å². The predicted octanol–water partition coefficient (Wildman–Crippen LogP) is 3.48. The summed E-state index contributed by atoms with van der Waals surface area (Å²) in [5.41, 5.74) is 1.80. The molecule has 1 aliphatic heterocycles. The number of rotatable bonds is 1. The van der Waals surface area contributed by atoms with Crippen molar-refractivity contribution in [1.29, 1.82) is 0 Å². The van der Waals surface area contributed by atoms with E-state index in [2.05, 4.69) is 20.3 Å². The number of halogens is 1. The average molecular weight is 330 g/mol. The van der Waals surface area contributed by atoms with Gasteiger partial charge in [0.1, 0.15) is 27.6 Å². The maximum atomic E-state index is 12.1. The van der Waals surface area contributed by atoms with Crippen LogP contribution in [0.3, 0.4) is 0 Å². The van der Waals surface area contributed by atoms with Gasteiger partial charge < -0.3 is 9.29 Å². The van der Waals surface area contributed by atoms with Gasteiger partial charge in [0.25, 0.3) is 0 Å². The second kappa shape index (κ2) is 5.23. The maximum absolute atomic E-state index is 12.1. The minimum absolute atomic E-state index is 0.336. The maximum Gasteiger partial charge on any atom is 0.144 e. The number of fused-ring (bicyclic) bond motifs is 1. The zero-order valence-corrected chi connectivity index (χ0v) is 13.1. The molecule has 0 aliphatic carbocycles. The molecule has 1 aliphatic rings. The summed E-state index contributed by atoms with van der Waals surface area (Å²) in [6, 6.07) is 5.81. The van der Waals surface area contributed by atoms with Crippen molar-refractivity contribution < 1.29 is 9.29 Å². The van der Waals surface area contributed by atoms with E-state index in [9.17, 15) is 4.55 Å². The molecule has 98 valence electrons. The van der Waals surface area contributed by atoms with Crippen LogP contribution >= 0.6 is 15.9 Å². The summed E-state index contributed by atoms with van der Waals surface area (Å²) in [5, 5.41) is 0. The number of ether oxygens (including phenoxy) is 1. The Hall–Kier alpha value is -0.520. The van der Waals surface area contributed by atoms with Gasteiger partial charge >= 0.3 is 0 Å². The van der Waals surface area contributed by atoms with Gasteiger partial charge in [-0.2, -0.15) is 0 Å². The van der Waals surface area contributed by atoms with E-state index < -0.39 is 11.4 Å². The van der Waals surface area contributed by atoms with Crippen molar-refractivity contribution in [1.82, 2.24) is 0 Å².